The fourth-order valence-corrected chi connectivity index (χ4v) is 4.53. The summed E-state index contributed by atoms with van der Waals surface area (Å²) in [6, 6.07) is 20.2. The standard InChI is InChI=1S/C28H23F3N4O3/c1-27(2,38)24(17-9-4-3-5-10-17)33-25(36)22-21(28(29,30)31)23-26(37)32-20(15-35(23)34-22)19-13-12-16-8-6-7-11-18(16)14-19/h3-15,24,38H,1-2H3,(H,32,37)(H,33,36). The third-order valence-corrected chi connectivity index (χ3v) is 6.30. The molecule has 2 heterocycles. The van der Waals surface area contributed by atoms with E-state index in [4.69, 9.17) is 0 Å². The van der Waals surface area contributed by atoms with Gasteiger partial charge in [0.2, 0.25) is 0 Å². The second-order valence-corrected chi connectivity index (χ2v) is 9.54. The van der Waals surface area contributed by atoms with E-state index in [0.717, 1.165) is 15.3 Å². The minimum absolute atomic E-state index is 0.232. The minimum atomic E-state index is -5.05. The van der Waals surface area contributed by atoms with Crippen LogP contribution in [0.3, 0.4) is 0 Å². The molecule has 5 rings (SSSR count). The van der Waals surface area contributed by atoms with Gasteiger partial charge in [-0.15, -0.1) is 0 Å². The number of halogens is 3. The van der Waals surface area contributed by atoms with Crippen LogP contribution in [0.1, 0.15) is 41.5 Å². The van der Waals surface area contributed by atoms with Gasteiger partial charge in [0.05, 0.1) is 23.5 Å². The van der Waals surface area contributed by atoms with Crippen LogP contribution in [-0.2, 0) is 6.18 Å². The van der Waals surface area contributed by atoms with E-state index in [-0.39, 0.29) is 5.69 Å². The van der Waals surface area contributed by atoms with Gasteiger partial charge in [-0.25, -0.2) is 4.52 Å². The van der Waals surface area contributed by atoms with E-state index in [0.29, 0.717) is 11.1 Å². The van der Waals surface area contributed by atoms with Gasteiger partial charge in [-0.05, 0) is 36.2 Å². The number of aromatic amines is 1. The molecule has 1 amide bonds. The summed E-state index contributed by atoms with van der Waals surface area (Å²) in [6.07, 6.45) is -3.81. The first-order valence-electron chi connectivity index (χ1n) is 11.7. The van der Waals surface area contributed by atoms with E-state index in [1.807, 2.05) is 30.3 Å². The van der Waals surface area contributed by atoms with Crippen molar-refractivity contribution in [1.29, 1.82) is 0 Å². The molecule has 38 heavy (non-hydrogen) atoms. The molecular weight excluding hydrogens is 497 g/mol. The number of amides is 1. The maximum atomic E-state index is 14.2. The van der Waals surface area contributed by atoms with Gasteiger partial charge < -0.3 is 15.4 Å². The van der Waals surface area contributed by atoms with Crippen molar-refractivity contribution < 1.29 is 23.1 Å². The quantitative estimate of drug-likeness (QED) is 0.300. The molecule has 3 N–H and O–H groups in total. The number of aromatic nitrogens is 3. The molecule has 7 nitrogen and oxygen atoms in total. The largest absolute Gasteiger partial charge is 0.421 e. The molecule has 3 aromatic carbocycles. The van der Waals surface area contributed by atoms with Crippen LogP contribution in [0.25, 0.3) is 27.5 Å². The molecule has 0 aliphatic rings. The fraction of sp³-hybridized carbons (Fsp3) is 0.179. The number of carbonyl (C=O) groups excluding carboxylic acids is 1. The van der Waals surface area contributed by atoms with Crippen molar-refractivity contribution in [3.05, 3.63) is 106 Å². The summed E-state index contributed by atoms with van der Waals surface area (Å²) in [4.78, 5) is 28.7. The summed E-state index contributed by atoms with van der Waals surface area (Å²) in [6.45, 7) is 2.86. The molecule has 0 saturated carbocycles. The Labute approximate surface area is 214 Å². The van der Waals surface area contributed by atoms with E-state index in [2.05, 4.69) is 15.4 Å². The third-order valence-electron chi connectivity index (χ3n) is 6.30. The highest BCUT2D eigenvalue weighted by molar-refractivity contribution is 5.96. The van der Waals surface area contributed by atoms with Gasteiger partial charge >= 0.3 is 6.18 Å². The lowest BCUT2D eigenvalue weighted by atomic mass is 9.91. The molecule has 2 aromatic heterocycles. The normalized spacial score (nSPS) is 13.1. The number of carbonyl (C=O) groups is 1. The van der Waals surface area contributed by atoms with E-state index in [1.54, 1.807) is 42.5 Å². The molecule has 0 spiro atoms. The Hall–Kier alpha value is -4.44. The number of alkyl halides is 3. The number of rotatable bonds is 5. The first-order chi connectivity index (χ1) is 17.9. The number of benzene rings is 3. The van der Waals surface area contributed by atoms with Crippen molar-refractivity contribution in [1.82, 2.24) is 19.9 Å². The van der Waals surface area contributed by atoms with Crippen LogP contribution in [0, 0.1) is 0 Å². The molecule has 194 valence electrons. The molecule has 0 fully saturated rings. The Kier molecular flexibility index (Phi) is 6.07. The van der Waals surface area contributed by atoms with Crippen molar-refractivity contribution in [2.24, 2.45) is 0 Å². The maximum absolute atomic E-state index is 14.2. The fourth-order valence-electron chi connectivity index (χ4n) is 4.53. The number of aliphatic hydroxyl groups is 1. The SMILES string of the molecule is CC(C)(O)C(NC(=O)c1nn2cc(-c3ccc4ccccc4c3)[nH]c(=O)c2c1C(F)(F)F)c1ccccc1. The zero-order chi connectivity index (χ0) is 27.2. The Morgan fingerprint density at radius 3 is 2.32 bits per heavy atom. The number of fused-ring (bicyclic) bond motifs is 2. The van der Waals surface area contributed by atoms with Gasteiger partial charge in [-0.1, -0.05) is 66.7 Å². The maximum Gasteiger partial charge on any atom is 0.421 e. The summed E-state index contributed by atoms with van der Waals surface area (Å²) in [5.41, 5.74) is -4.51. The summed E-state index contributed by atoms with van der Waals surface area (Å²) in [5.74, 6) is -1.18. The summed E-state index contributed by atoms with van der Waals surface area (Å²) < 4.78 is 43.4. The van der Waals surface area contributed by atoms with Gasteiger partial charge in [0.1, 0.15) is 11.1 Å². The van der Waals surface area contributed by atoms with Crippen molar-refractivity contribution in [3.8, 4) is 11.3 Å². The van der Waals surface area contributed by atoms with Crippen LogP contribution in [-0.4, -0.2) is 31.2 Å². The molecule has 5 aromatic rings. The topological polar surface area (TPSA) is 99.5 Å². The highest BCUT2D eigenvalue weighted by Gasteiger charge is 2.42. The number of nitrogens with zero attached hydrogens (tertiary/aromatic N) is 2. The summed E-state index contributed by atoms with van der Waals surface area (Å²) in [5, 5.41) is 18.9. The minimum Gasteiger partial charge on any atom is -0.388 e. The molecule has 1 unspecified atom stereocenters. The predicted molar refractivity (Wildman–Crippen MR) is 137 cm³/mol. The number of nitrogens with one attached hydrogen (secondary N) is 2. The number of hydrogen-bond donors (Lipinski definition) is 3. The van der Waals surface area contributed by atoms with E-state index < -0.39 is 46.1 Å². The van der Waals surface area contributed by atoms with Crippen molar-refractivity contribution in [2.75, 3.05) is 0 Å². The Morgan fingerprint density at radius 2 is 1.66 bits per heavy atom. The average molecular weight is 521 g/mol. The van der Waals surface area contributed by atoms with Gasteiger partial charge in [-0.3, -0.25) is 9.59 Å². The van der Waals surface area contributed by atoms with Crippen molar-refractivity contribution >= 4 is 22.2 Å². The first kappa shape index (κ1) is 25.2. The van der Waals surface area contributed by atoms with E-state index in [1.165, 1.54) is 20.0 Å². The van der Waals surface area contributed by atoms with Gasteiger partial charge in [0.15, 0.2) is 5.69 Å². The molecule has 10 heteroatoms. The summed E-state index contributed by atoms with van der Waals surface area (Å²) in [7, 11) is 0. The Bertz CT molecular complexity index is 1720. The smallest absolute Gasteiger partial charge is 0.388 e. The van der Waals surface area contributed by atoms with Crippen LogP contribution >= 0.6 is 0 Å². The first-order valence-corrected chi connectivity index (χ1v) is 11.7. The molecule has 0 aliphatic carbocycles. The van der Waals surface area contributed by atoms with Crippen LogP contribution in [0.15, 0.2) is 83.8 Å². The second-order valence-electron chi connectivity index (χ2n) is 9.54. The van der Waals surface area contributed by atoms with Crippen LogP contribution in [0.2, 0.25) is 0 Å². The Balaban J connectivity index is 1.63. The lowest BCUT2D eigenvalue weighted by Crippen LogP contribution is -2.42. The zero-order valence-electron chi connectivity index (χ0n) is 20.4. The lowest BCUT2D eigenvalue weighted by Gasteiger charge is -2.30. The number of hydrogen-bond acceptors (Lipinski definition) is 4. The highest BCUT2D eigenvalue weighted by atomic mass is 19.4. The molecule has 0 radical (unpaired) electrons. The van der Waals surface area contributed by atoms with Crippen LogP contribution < -0.4 is 10.9 Å². The second kappa shape index (κ2) is 9.14. The average Bonchev–Trinajstić information content (AvgIpc) is 3.28. The molecular formula is C28H23F3N4O3. The van der Waals surface area contributed by atoms with Gasteiger partial charge in [-0.2, -0.15) is 18.3 Å². The van der Waals surface area contributed by atoms with Gasteiger partial charge in [0.25, 0.3) is 11.5 Å². The monoisotopic (exact) mass is 520 g/mol. The molecule has 1 atom stereocenters. The molecule has 0 bridgehead atoms. The number of H-pyrrole nitrogens is 1. The van der Waals surface area contributed by atoms with E-state index >= 15 is 0 Å². The van der Waals surface area contributed by atoms with Gasteiger partial charge in [0, 0.05) is 5.56 Å². The lowest BCUT2D eigenvalue weighted by molar-refractivity contribution is -0.136. The summed E-state index contributed by atoms with van der Waals surface area (Å²) >= 11 is 0. The Morgan fingerprint density at radius 1 is 1.00 bits per heavy atom. The van der Waals surface area contributed by atoms with Crippen molar-refractivity contribution in [2.45, 2.75) is 31.7 Å². The highest BCUT2D eigenvalue weighted by Crippen LogP contribution is 2.35. The van der Waals surface area contributed by atoms with Crippen molar-refractivity contribution in [3.63, 3.8) is 0 Å². The predicted octanol–water partition coefficient (Wildman–Crippen LogP) is 5.10. The van der Waals surface area contributed by atoms with Crippen LogP contribution in [0.4, 0.5) is 13.2 Å². The molecule has 0 saturated heterocycles. The van der Waals surface area contributed by atoms with Crippen LogP contribution in [0.5, 0.6) is 0 Å². The molecule has 0 aliphatic heterocycles. The third kappa shape index (κ3) is 4.66. The van der Waals surface area contributed by atoms with E-state index in [9.17, 15) is 27.9 Å². The zero-order valence-corrected chi connectivity index (χ0v) is 20.4.